The minimum Gasteiger partial charge on any atom is -0.495 e. The quantitative estimate of drug-likeness (QED) is 0.810. The van der Waals surface area contributed by atoms with Gasteiger partial charge in [-0.15, -0.1) is 0 Å². The Bertz CT molecular complexity index is 544. The van der Waals surface area contributed by atoms with Crippen LogP contribution in [0.2, 0.25) is 0 Å². The highest BCUT2D eigenvalue weighted by molar-refractivity contribution is 6.01. The Morgan fingerprint density at radius 2 is 2.14 bits per heavy atom. The molecule has 0 spiro atoms. The van der Waals surface area contributed by atoms with Crippen LogP contribution in [0.3, 0.4) is 0 Å². The molecule has 1 aromatic carbocycles. The molecule has 0 radical (unpaired) electrons. The first-order chi connectivity index (χ1) is 10.6. The molecule has 2 rings (SSSR count). The zero-order valence-corrected chi connectivity index (χ0v) is 13.5. The second kappa shape index (κ2) is 7.29. The molecule has 1 unspecified atom stereocenters. The topological polar surface area (TPSA) is 49.9 Å². The monoisotopic (exact) mass is 304 g/mol. The second-order valence-corrected chi connectivity index (χ2v) is 5.69. The van der Waals surface area contributed by atoms with Gasteiger partial charge in [0.15, 0.2) is 0 Å². The fraction of sp³-hybridized carbons (Fsp3) is 0.529. The average Bonchev–Trinajstić information content (AvgIpc) is 2.93. The lowest BCUT2D eigenvalue weighted by molar-refractivity contribution is -0.134. The molecule has 1 aliphatic rings. The van der Waals surface area contributed by atoms with Crippen molar-refractivity contribution in [3.63, 3.8) is 0 Å². The van der Waals surface area contributed by atoms with Gasteiger partial charge in [-0.3, -0.25) is 9.59 Å². The van der Waals surface area contributed by atoms with E-state index in [1.54, 1.807) is 16.9 Å². The van der Waals surface area contributed by atoms with Crippen molar-refractivity contribution in [1.29, 1.82) is 0 Å². The number of amides is 2. The van der Waals surface area contributed by atoms with Crippen LogP contribution in [-0.4, -0.2) is 44.0 Å². The summed E-state index contributed by atoms with van der Waals surface area (Å²) in [5, 5.41) is 0. The SMILES string of the molecule is CCCCN(C)C(=O)C1CC(=O)N(c2ccccc2OC)C1. The van der Waals surface area contributed by atoms with Gasteiger partial charge in [-0.1, -0.05) is 25.5 Å². The van der Waals surface area contributed by atoms with E-state index in [1.165, 1.54) is 0 Å². The van der Waals surface area contributed by atoms with E-state index in [2.05, 4.69) is 6.92 Å². The van der Waals surface area contributed by atoms with Crippen LogP contribution in [-0.2, 0) is 9.59 Å². The molecule has 1 saturated heterocycles. The summed E-state index contributed by atoms with van der Waals surface area (Å²) in [5.74, 6) is 0.425. The van der Waals surface area contributed by atoms with Crippen LogP contribution in [0.4, 0.5) is 5.69 Å². The summed E-state index contributed by atoms with van der Waals surface area (Å²) >= 11 is 0. The molecule has 0 bridgehead atoms. The first kappa shape index (κ1) is 16.3. The van der Waals surface area contributed by atoms with E-state index in [-0.39, 0.29) is 24.2 Å². The third-order valence-corrected chi connectivity index (χ3v) is 4.07. The number of carbonyl (C=O) groups excluding carboxylic acids is 2. The first-order valence-electron chi connectivity index (χ1n) is 7.76. The molecule has 0 aromatic heterocycles. The largest absolute Gasteiger partial charge is 0.495 e. The minimum atomic E-state index is -0.265. The fourth-order valence-electron chi connectivity index (χ4n) is 2.78. The molecule has 2 amide bonds. The van der Waals surface area contributed by atoms with Gasteiger partial charge in [0, 0.05) is 26.6 Å². The first-order valence-corrected chi connectivity index (χ1v) is 7.76. The van der Waals surface area contributed by atoms with Gasteiger partial charge in [-0.2, -0.15) is 0 Å². The second-order valence-electron chi connectivity index (χ2n) is 5.69. The van der Waals surface area contributed by atoms with Gasteiger partial charge in [0.1, 0.15) is 5.75 Å². The van der Waals surface area contributed by atoms with Crippen LogP contribution in [0, 0.1) is 5.92 Å². The summed E-state index contributed by atoms with van der Waals surface area (Å²) in [5.41, 5.74) is 0.738. The highest BCUT2D eigenvalue weighted by Crippen LogP contribution is 2.33. The highest BCUT2D eigenvalue weighted by Gasteiger charge is 2.37. The zero-order valence-electron chi connectivity index (χ0n) is 13.5. The molecular weight excluding hydrogens is 280 g/mol. The van der Waals surface area contributed by atoms with E-state index >= 15 is 0 Å². The summed E-state index contributed by atoms with van der Waals surface area (Å²) in [6, 6.07) is 7.41. The molecule has 22 heavy (non-hydrogen) atoms. The smallest absolute Gasteiger partial charge is 0.227 e. The Morgan fingerprint density at radius 1 is 1.41 bits per heavy atom. The number of anilines is 1. The van der Waals surface area contributed by atoms with Crippen molar-refractivity contribution < 1.29 is 14.3 Å². The maximum Gasteiger partial charge on any atom is 0.227 e. The number of ether oxygens (including phenoxy) is 1. The molecule has 1 aliphatic heterocycles. The van der Waals surface area contributed by atoms with Crippen molar-refractivity contribution in [3.8, 4) is 5.75 Å². The molecule has 5 nitrogen and oxygen atoms in total. The fourth-order valence-corrected chi connectivity index (χ4v) is 2.78. The molecule has 1 atom stereocenters. The van der Waals surface area contributed by atoms with E-state index in [1.807, 2.05) is 31.3 Å². The maximum atomic E-state index is 12.4. The van der Waals surface area contributed by atoms with E-state index in [0.717, 1.165) is 25.1 Å². The van der Waals surface area contributed by atoms with Crippen LogP contribution in [0.1, 0.15) is 26.2 Å². The summed E-state index contributed by atoms with van der Waals surface area (Å²) < 4.78 is 5.31. The predicted molar refractivity (Wildman–Crippen MR) is 86.0 cm³/mol. The summed E-state index contributed by atoms with van der Waals surface area (Å²) in [6.07, 6.45) is 2.31. The van der Waals surface area contributed by atoms with E-state index in [4.69, 9.17) is 4.74 Å². The van der Waals surface area contributed by atoms with Crippen molar-refractivity contribution >= 4 is 17.5 Å². The minimum absolute atomic E-state index is 0.0215. The molecule has 1 fully saturated rings. The standard InChI is InChI=1S/C17H24N2O3/c1-4-5-10-18(2)17(21)13-11-16(20)19(12-13)14-8-6-7-9-15(14)22-3/h6-9,13H,4-5,10-12H2,1-3H3. The zero-order chi connectivity index (χ0) is 16.1. The number of methoxy groups -OCH3 is 1. The number of unbranched alkanes of at least 4 members (excludes halogenated alkanes) is 1. The average molecular weight is 304 g/mol. The molecule has 1 heterocycles. The van der Waals surface area contributed by atoms with Gasteiger partial charge < -0.3 is 14.5 Å². The molecule has 0 N–H and O–H groups in total. The van der Waals surface area contributed by atoms with Crippen molar-refractivity contribution in [3.05, 3.63) is 24.3 Å². The van der Waals surface area contributed by atoms with Gasteiger partial charge in [0.05, 0.1) is 18.7 Å². The number of benzene rings is 1. The Labute approximate surface area is 131 Å². The number of nitrogens with zero attached hydrogens (tertiary/aromatic N) is 2. The number of para-hydroxylation sites is 2. The van der Waals surface area contributed by atoms with Crippen molar-refractivity contribution in [2.24, 2.45) is 5.92 Å². The van der Waals surface area contributed by atoms with Crippen LogP contribution < -0.4 is 9.64 Å². The number of hydrogen-bond donors (Lipinski definition) is 0. The third-order valence-electron chi connectivity index (χ3n) is 4.07. The summed E-state index contributed by atoms with van der Waals surface area (Å²) in [7, 11) is 3.40. The molecule has 1 aromatic rings. The van der Waals surface area contributed by atoms with Gasteiger partial charge >= 0.3 is 0 Å². The number of carbonyl (C=O) groups is 2. The normalized spacial score (nSPS) is 17.7. The van der Waals surface area contributed by atoms with Crippen LogP contribution >= 0.6 is 0 Å². The van der Waals surface area contributed by atoms with Gasteiger partial charge in [0.25, 0.3) is 0 Å². The Hall–Kier alpha value is -2.04. The van der Waals surface area contributed by atoms with Crippen LogP contribution in [0.25, 0.3) is 0 Å². The van der Waals surface area contributed by atoms with Gasteiger partial charge in [0.2, 0.25) is 11.8 Å². The van der Waals surface area contributed by atoms with Crippen LogP contribution in [0.15, 0.2) is 24.3 Å². The van der Waals surface area contributed by atoms with Crippen molar-refractivity contribution in [2.45, 2.75) is 26.2 Å². The lowest BCUT2D eigenvalue weighted by atomic mass is 10.1. The van der Waals surface area contributed by atoms with E-state index in [9.17, 15) is 9.59 Å². The Morgan fingerprint density at radius 3 is 2.82 bits per heavy atom. The molecule has 0 aliphatic carbocycles. The lowest BCUT2D eigenvalue weighted by Crippen LogP contribution is -2.35. The van der Waals surface area contributed by atoms with Crippen molar-refractivity contribution in [2.75, 3.05) is 32.1 Å². The molecular formula is C17H24N2O3. The lowest BCUT2D eigenvalue weighted by Gasteiger charge is -2.22. The molecule has 5 heteroatoms. The highest BCUT2D eigenvalue weighted by atomic mass is 16.5. The Balaban J connectivity index is 2.09. The van der Waals surface area contributed by atoms with Gasteiger partial charge in [-0.05, 0) is 18.6 Å². The summed E-state index contributed by atoms with van der Waals surface area (Å²) in [4.78, 5) is 28.1. The van der Waals surface area contributed by atoms with Crippen LogP contribution in [0.5, 0.6) is 5.75 Å². The van der Waals surface area contributed by atoms with E-state index in [0.29, 0.717) is 12.3 Å². The van der Waals surface area contributed by atoms with Crippen molar-refractivity contribution in [1.82, 2.24) is 4.90 Å². The maximum absolute atomic E-state index is 12.4. The molecule has 120 valence electrons. The predicted octanol–water partition coefficient (Wildman–Crippen LogP) is 2.31. The number of hydrogen-bond acceptors (Lipinski definition) is 3. The molecule has 0 saturated carbocycles. The Kier molecular flexibility index (Phi) is 5.41. The number of rotatable bonds is 6. The van der Waals surface area contributed by atoms with Gasteiger partial charge in [-0.25, -0.2) is 0 Å². The summed E-state index contributed by atoms with van der Waals surface area (Å²) in [6.45, 7) is 3.27. The van der Waals surface area contributed by atoms with E-state index < -0.39 is 0 Å². The third kappa shape index (κ3) is 3.40.